The zero-order chi connectivity index (χ0) is 18.5. The van der Waals surface area contributed by atoms with Crippen LogP contribution in [-0.2, 0) is 6.54 Å². The van der Waals surface area contributed by atoms with Crippen LogP contribution in [0.3, 0.4) is 0 Å². The van der Waals surface area contributed by atoms with Gasteiger partial charge in [0.15, 0.2) is 0 Å². The molecule has 1 fully saturated rings. The number of carbonyl (C=O) groups excluding carboxylic acids is 2. The smallest absolute Gasteiger partial charge is 0.255 e. The van der Waals surface area contributed by atoms with Crippen molar-refractivity contribution in [3.8, 4) is 0 Å². The molecule has 0 aromatic heterocycles. The zero-order valence-electron chi connectivity index (χ0n) is 15.1. The van der Waals surface area contributed by atoms with Crippen molar-refractivity contribution in [3.05, 3.63) is 65.2 Å². The molecule has 1 heterocycles. The van der Waals surface area contributed by atoms with E-state index in [4.69, 9.17) is 5.73 Å². The molecular formula is C21H25N3O2. The molecule has 1 aliphatic rings. The second-order valence-electron chi connectivity index (χ2n) is 7.08. The normalized spacial score (nSPS) is 17.7. The maximum absolute atomic E-state index is 12.4. The van der Waals surface area contributed by atoms with Gasteiger partial charge in [0.05, 0.1) is 0 Å². The van der Waals surface area contributed by atoms with Crippen LogP contribution in [0, 0.1) is 5.92 Å². The molecule has 0 saturated carbocycles. The van der Waals surface area contributed by atoms with E-state index in [-0.39, 0.29) is 5.91 Å². The van der Waals surface area contributed by atoms with Crippen molar-refractivity contribution in [3.63, 3.8) is 0 Å². The van der Waals surface area contributed by atoms with E-state index in [0.717, 1.165) is 25.6 Å². The zero-order valence-corrected chi connectivity index (χ0v) is 15.1. The van der Waals surface area contributed by atoms with Gasteiger partial charge in [0, 0.05) is 29.9 Å². The van der Waals surface area contributed by atoms with Crippen molar-refractivity contribution in [1.82, 2.24) is 4.90 Å². The number of hydrogen-bond donors (Lipinski definition) is 2. The first-order valence-electron chi connectivity index (χ1n) is 9.04. The number of nitrogens with one attached hydrogen (secondary N) is 1. The third-order valence-electron chi connectivity index (χ3n) is 4.79. The number of amides is 2. The highest BCUT2D eigenvalue weighted by Crippen LogP contribution is 2.18. The third kappa shape index (κ3) is 4.70. The number of benzene rings is 2. The molecule has 2 aromatic carbocycles. The fraction of sp³-hybridized carbons (Fsp3) is 0.333. The van der Waals surface area contributed by atoms with Crippen LogP contribution in [-0.4, -0.2) is 29.8 Å². The van der Waals surface area contributed by atoms with E-state index in [9.17, 15) is 9.59 Å². The lowest BCUT2D eigenvalue weighted by Crippen LogP contribution is -2.33. The molecule has 26 heavy (non-hydrogen) atoms. The molecule has 1 unspecified atom stereocenters. The SMILES string of the molecule is CC1CCCN(Cc2ccc(C(=O)Nc3ccc(C(N)=O)cc3)cc2)C1. The highest BCUT2D eigenvalue weighted by molar-refractivity contribution is 6.04. The monoisotopic (exact) mass is 351 g/mol. The van der Waals surface area contributed by atoms with Crippen molar-refractivity contribution in [2.45, 2.75) is 26.3 Å². The quantitative estimate of drug-likeness (QED) is 0.868. The van der Waals surface area contributed by atoms with Gasteiger partial charge in [-0.05, 0) is 67.3 Å². The molecule has 2 amide bonds. The Morgan fingerprint density at radius 1 is 1.08 bits per heavy atom. The Hall–Kier alpha value is -2.66. The Kier molecular flexibility index (Phi) is 5.68. The summed E-state index contributed by atoms with van der Waals surface area (Å²) in [4.78, 5) is 25.9. The summed E-state index contributed by atoms with van der Waals surface area (Å²) in [6.07, 6.45) is 2.58. The first-order chi connectivity index (χ1) is 12.5. The second-order valence-corrected chi connectivity index (χ2v) is 7.08. The van der Waals surface area contributed by atoms with E-state index in [2.05, 4.69) is 17.1 Å². The molecule has 3 N–H and O–H groups in total. The van der Waals surface area contributed by atoms with Crippen molar-refractivity contribution < 1.29 is 9.59 Å². The molecule has 136 valence electrons. The van der Waals surface area contributed by atoms with Crippen LogP contribution < -0.4 is 11.1 Å². The van der Waals surface area contributed by atoms with Gasteiger partial charge in [0.1, 0.15) is 0 Å². The fourth-order valence-corrected chi connectivity index (χ4v) is 3.37. The molecule has 5 heteroatoms. The van der Waals surface area contributed by atoms with Gasteiger partial charge in [-0.1, -0.05) is 19.1 Å². The standard InChI is InChI=1S/C21H25N3O2/c1-15-3-2-12-24(13-15)14-16-4-6-18(7-5-16)21(26)23-19-10-8-17(9-11-19)20(22)25/h4-11,15H,2-3,12-14H2,1H3,(H2,22,25)(H,23,26). The van der Waals surface area contributed by atoms with Gasteiger partial charge in [-0.15, -0.1) is 0 Å². The average Bonchev–Trinajstić information content (AvgIpc) is 2.63. The van der Waals surface area contributed by atoms with Crippen LogP contribution in [0.5, 0.6) is 0 Å². The van der Waals surface area contributed by atoms with Crippen LogP contribution >= 0.6 is 0 Å². The van der Waals surface area contributed by atoms with Gasteiger partial charge in [-0.2, -0.15) is 0 Å². The molecule has 0 aliphatic carbocycles. The van der Waals surface area contributed by atoms with Gasteiger partial charge < -0.3 is 11.1 Å². The molecule has 5 nitrogen and oxygen atoms in total. The number of nitrogens with zero attached hydrogens (tertiary/aromatic N) is 1. The number of rotatable bonds is 5. The van der Waals surface area contributed by atoms with E-state index in [1.54, 1.807) is 24.3 Å². The third-order valence-corrected chi connectivity index (χ3v) is 4.79. The van der Waals surface area contributed by atoms with Crippen LogP contribution in [0.4, 0.5) is 5.69 Å². The van der Waals surface area contributed by atoms with E-state index >= 15 is 0 Å². The van der Waals surface area contributed by atoms with Gasteiger partial charge >= 0.3 is 0 Å². The van der Waals surface area contributed by atoms with Crippen molar-refractivity contribution in [2.75, 3.05) is 18.4 Å². The lowest BCUT2D eigenvalue weighted by molar-refractivity contribution is 0.0998. The Balaban J connectivity index is 1.58. The molecule has 0 bridgehead atoms. The summed E-state index contributed by atoms with van der Waals surface area (Å²) in [6.45, 7) is 5.52. The Labute approximate surface area is 154 Å². The maximum Gasteiger partial charge on any atom is 0.255 e. The molecule has 0 spiro atoms. The number of nitrogens with two attached hydrogens (primary N) is 1. The highest BCUT2D eigenvalue weighted by atomic mass is 16.2. The first-order valence-corrected chi connectivity index (χ1v) is 9.04. The van der Waals surface area contributed by atoms with Gasteiger partial charge in [-0.3, -0.25) is 14.5 Å². The number of piperidine rings is 1. The van der Waals surface area contributed by atoms with E-state index in [0.29, 0.717) is 16.8 Å². The van der Waals surface area contributed by atoms with E-state index in [1.165, 1.54) is 18.4 Å². The molecular weight excluding hydrogens is 326 g/mol. The maximum atomic E-state index is 12.4. The summed E-state index contributed by atoms with van der Waals surface area (Å²) >= 11 is 0. The van der Waals surface area contributed by atoms with Crippen molar-refractivity contribution >= 4 is 17.5 Å². The molecule has 1 saturated heterocycles. The average molecular weight is 351 g/mol. The second kappa shape index (κ2) is 8.15. The van der Waals surface area contributed by atoms with E-state index in [1.807, 2.05) is 24.3 Å². The molecule has 1 aliphatic heterocycles. The molecule has 2 aromatic rings. The van der Waals surface area contributed by atoms with Crippen LogP contribution in [0.2, 0.25) is 0 Å². The predicted molar refractivity (Wildman–Crippen MR) is 103 cm³/mol. The topological polar surface area (TPSA) is 75.4 Å². The summed E-state index contributed by atoms with van der Waals surface area (Å²) < 4.78 is 0. The summed E-state index contributed by atoms with van der Waals surface area (Å²) in [7, 11) is 0. The summed E-state index contributed by atoms with van der Waals surface area (Å²) in [5, 5.41) is 2.83. The Bertz CT molecular complexity index is 769. The first kappa shape index (κ1) is 18.1. The van der Waals surface area contributed by atoms with Crippen molar-refractivity contribution in [1.29, 1.82) is 0 Å². The minimum atomic E-state index is -0.485. The van der Waals surface area contributed by atoms with Crippen molar-refractivity contribution in [2.24, 2.45) is 11.7 Å². The van der Waals surface area contributed by atoms with Crippen LogP contribution in [0.25, 0.3) is 0 Å². The lowest BCUT2D eigenvalue weighted by Gasteiger charge is -2.30. The number of primary amides is 1. The number of likely N-dealkylation sites (tertiary alicyclic amines) is 1. The Morgan fingerprint density at radius 3 is 2.35 bits per heavy atom. The number of hydrogen-bond acceptors (Lipinski definition) is 3. The predicted octanol–water partition coefficient (Wildman–Crippen LogP) is 3.27. The highest BCUT2D eigenvalue weighted by Gasteiger charge is 2.16. The number of carbonyl (C=O) groups is 2. The van der Waals surface area contributed by atoms with Gasteiger partial charge in [0.2, 0.25) is 5.91 Å². The fourth-order valence-electron chi connectivity index (χ4n) is 3.37. The minimum Gasteiger partial charge on any atom is -0.366 e. The number of anilines is 1. The van der Waals surface area contributed by atoms with Gasteiger partial charge in [-0.25, -0.2) is 0 Å². The van der Waals surface area contributed by atoms with Crippen LogP contribution in [0.1, 0.15) is 46.0 Å². The summed E-state index contributed by atoms with van der Waals surface area (Å²) in [5.41, 5.74) is 8.10. The lowest BCUT2D eigenvalue weighted by atomic mass is 9.99. The minimum absolute atomic E-state index is 0.171. The summed E-state index contributed by atoms with van der Waals surface area (Å²) in [6, 6.07) is 14.3. The molecule has 3 rings (SSSR count). The Morgan fingerprint density at radius 2 is 1.73 bits per heavy atom. The largest absolute Gasteiger partial charge is 0.366 e. The van der Waals surface area contributed by atoms with E-state index < -0.39 is 5.91 Å². The van der Waals surface area contributed by atoms with Gasteiger partial charge in [0.25, 0.3) is 5.91 Å². The molecule has 1 atom stereocenters. The summed E-state index contributed by atoms with van der Waals surface area (Å²) in [5.74, 6) is 0.103. The molecule has 0 radical (unpaired) electrons. The van der Waals surface area contributed by atoms with Crippen LogP contribution in [0.15, 0.2) is 48.5 Å².